The van der Waals surface area contributed by atoms with Gasteiger partial charge in [0.25, 0.3) is 0 Å². The first-order chi connectivity index (χ1) is 11.0. The fraction of sp³-hybridized carbons (Fsp3) is 0.235. The van der Waals surface area contributed by atoms with Crippen molar-refractivity contribution in [2.75, 3.05) is 19.6 Å². The predicted octanol–water partition coefficient (Wildman–Crippen LogP) is 2.73. The fourth-order valence-corrected chi connectivity index (χ4v) is 2.56. The number of phenolic OH excluding ortho intramolecular Hbond substituents is 1. The summed E-state index contributed by atoms with van der Waals surface area (Å²) in [6.07, 6.45) is 0. The molecule has 1 N–H and O–H groups in total. The first-order valence-electron chi connectivity index (χ1n) is 7.29. The topological polar surface area (TPSA) is 43.8 Å². The van der Waals surface area contributed by atoms with Gasteiger partial charge >= 0.3 is 0 Å². The van der Waals surface area contributed by atoms with Crippen LogP contribution in [-0.2, 0) is 11.3 Å². The molecule has 0 saturated carbocycles. The van der Waals surface area contributed by atoms with Crippen molar-refractivity contribution < 1.29 is 18.8 Å². The number of hydrogen-bond acceptors (Lipinski definition) is 3. The van der Waals surface area contributed by atoms with Crippen molar-refractivity contribution in [3.63, 3.8) is 0 Å². The van der Waals surface area contributed by atoms with Gasteiger partial charge in [0.2, 0.25) is 5.91 Å². The Balaban J connectivity index is 1.72. The first-order valence-corrected chi connectivity index (χ1v) is 7.29. The van der Waals surface area contributed by atoms with Crippen LogP contribution < -0.4 is 0 Å². The average molecular weight is 318 g/mol. The lowest BCUT2D eigenvalue weighted by molar-refractivity contribution is -0.144. The highest BCUT2D eigenvalue weighted by Gasteiger charge is 2.23. The molecule has 2 aromatic rings. The third-order valence-corrected chi connectivity index (χ3v) is 3.88. The summed E-state index contributed by atoms with van der Waals surface area (Å²) in [5, 5.41) is 9.95. The van der Waals surface area contributed by atoms with Crippen molar-refractivity contribution in [1.82, 2.24) is 10.0 Å². The van der Waals surface area contributed by atoms with Gasteiger partial charge in [-0.3, -0.25) is 4.79 Å². The molecule has 0 aliphatic carbocycles. The number of aromatic hydroxyl groups is 1. The number of rotatable bonds is 3. The van der Waals surface area contributed by atoms with Crippen LogP contribution in [0.3, 0.4) is 0 Å². The summed E-state index contributed by atoms with van der Waals surface area (Å²) < 4.78 is 26.1. The van der Waals surface area contributed by atoms with Gasteiger partial charge in [-0.15, -0.1) is 9.60 Å². The molecule has 0 spiro atoms. The molecular weight excluding hydrogens is 302 g/mol. The van der Waals surface area contributed by atoms with Crippen LogP contribution in [-0.4, -0.2) is 40.7 Å². The molecule has 6 heteroatoms. The van der Waals surface area contributed by atoms with E-state index >= 15 is 0 Å². The zero-order valence-electron chi connectivity index (χ0n) is 12.4. The predicted molar refractivity (Wildman–Crippen MR) is 81.6 cm³/mol. The monoisotopic (exact) mass is 318 g/mol. The van der Waals surface area contributed by atoms with Crippen molar-refractivity contribution in [3.8, 4) is 16.9 Å². The maximum atomic E-state index is 13.1. The Bertz CT molecular complexity index is 719. The van der Waals surface area contributed by atoms with E-state index in [1.807, 2.05) is 24.3 Å². The second-order valence-corrected chi connectivity index (χ2v) is 5.52. The molecule has 3 rings (SSSR count). The SMILES string of the molecule is O=C1CN(F)CCN1Cc1ccc(-c2ccc(F)c(O)c2)cc1. The van der Waals surface area contributed by atoms with Crippen LogP contribution in [0.25, 0.3) is 11.1 Å². The third kappa shape index (κ3) is 3.48. The summed E-state index contributed by atoms with van der Waals surface area (Å²) >= 11 is 0. The van der Waals surface area contributed by atoms with Gasteiger partial charge in [-0.25, -0.2) is 4.39 Å². The Labute approximate surface area is 132 Å². The first kappa shape index (κ1) is 15.4. The van der Waals surface area contributed by atoms with Gasteiger partial charge < -0.3 is 10.0 Å². The van der Waals surface area contributed by atoms with E-state index in [-0.39, 0.29) is 24.7 Å². The molecule has 2 aromatic carbocycles. The molecule has 1 amide bonds. The van der Waals surface area contributed by atoms with Crippen molar-refractivity contribution in [1.29, 1.82) is 0 Å². The zero-order valence-corrected chi connectivity index (χ0v) is 12.4. The van der Waals surface area contributed by atoms with E-state index in [2.05, 4.69) is 0 Å². The number of halogens is 2. The summed E-state index contributed by atoms with van der Waals surface area (Å²) in [4.78, 5) is 13.4. The van der Waals surface area contributed by atoms with Crippen molar-refractivity contribution in [2.45, 2.75) is 6.54 Å². The number of carbonyl (C=O) groups is 1. The minimum atomic E-state index is -0.657. The van der Waals surface area contributed by atoms with E-state index in [4.69, 9.17) is 0 Å². The van der Waals surface area contributed by atoms with E-state index in [9.17, 15) is 18.8 Å². The molecule has 0 unspecified atom stereocenters. The van der Waals surface area contributed by atoms with Crippen LogP contribution >= 0.6 is 0 Å². The minimum absolute atomic E-state index is 0.201. The highest BCUT2D eigenvalue weighted by Crippen LogP contribution is 2.26. The number of amides is 1. The number of phenols is 1. The van der Waals surface area contributed by atoms with E-state index in [1.165, 1.54) is 12.1 Å². The molecule has 0 atom stereocenters. The Morgan fingerprint density at radius 2 is 1.74 bits per heavy atom. The smallest absolute Gasteiger partial charge is 0.239 e. The van der Waals surface area contributed by atoms with E-state index < -0.39 is 5.82 Å². The summed E-state index contributed by atoms with van der Waals surface area (Å²) in [7, 11) is 0. The van der Waals surface area contributed by atoms with Crippen LogP contribution in [0.4, 0.5) is 8.87 Å². The van der Waals surface area contributed by atoms with Crippen LogP contribution in [0.1, 0.15) is 5.56 Å². The number of benzene rings is 2. The van der Waals surface area contributed by atoms with Crippen molar-refractivity contribution in [3.05, 3.63) is 53.8 Å². The molecular formula is C17H16F2N2O2. The molecule has 1 aliphatic rings. The average Bonchev–Trinajstić information content (AvgIpc) is 2.53. The third-order valence-electron chi connectivity index (χ3n) is 3.88. The highest BCUT2D eigenvalue weighted by molar-refractivity contribution is 5.78. The van der Waals surface area contributed by atoms with Gasteiger partial charge in [-0.1, -0.05) is 30.3 Å². The molecule has 1 heterocycles. The number of hydrogen-bond donors (Lipinski definition) is 1. The maximum absolute atomic E-state index is 13.1. The van der Waals surface area contributed by atoms with E-state index in [1.54, 1.807) is 11.0 Å². The van der Waals surface area contributed by atoms with Crippen LogP contribution in [0.15, 0.2) is 42.5 Å². The lowest BCUT2D eigenvalue weighted by Crippen LogP contribution is -2.46. The van der Waals surface area contributed by atoms with Gasteiger partial charge in [0, 0.05) is 19.6 Å². The van der Waals surface area contributed by atoms with Gasteiger partial charge in [0.15, 0.2) is 11.6 Å². The van der Waals surface area contributed by atoms with Gasteiger partial charge in [0.1, 0.15) is 6.54 Å². The molecule has 0 aromatic heterocycles. The molecule has 1 saturated heterocycles. The Hall–Kier alpha value is -2.47. The zero-order chi connectivity index (χ0) is 16.4. The van der Waals surface area contributed by atoms with Crippen LogP contribution in [0.2, 0.25) is 0 Å². The largest absolute Gasteiger partial charge is 0.505 e. The van der Waals surface area contributed by atoms with Crippen LogP contribution in [0, 0.1) is 5.82 Å². The molecule has 23 heavy (non-hydrogen) atoms. The molecule has 4 nitrogen and oxygen atoms in total. The van der Waals surface area contributed by atoms with Crippen molar-refractivity contribution >= 4 is 5.91 Å². The van der Waals surface area contributed by atoms with E-state index in [0.29, 0.717) is 23.8 Å². The quantitative estimate of drug-likeness (QED) is 0.885. The maximum Gasteiger partial charge on any atom is 0.239 e. The number of carbonyl (C=O) groups excluding carboxylic acids is 1. The van der Waals surface area contributed by atoms with Gasteiger partial charge in [0.05, 0.1) is 0 Å². The highest BCUT2D eigenvalue weighted by atomic mass is 19.2. The lowest BCUT2D eigenvalue weighted by Gasteiger charge is -2.29. The minimum Gasteiger partial charge on any atom is -0.505 e. The van der Waals surface area contributed by atoms with Crippen LogP contribution in [0.5, 0.6) is 5.75 Å². The van der Waals surface area contributed by atoms with E-state index in [0.717, 1.165) is 11.1 Å². The Kier molecular flexibility index (Phi) is 4.25. The summed E-state index contributed by atoms with van der Waals surface area (Å²) in [5.41, 5.74) is 2.47. The normalized spacial score (nSPS) is 15.9. The molecule has 0 radical (unpaired) electrons. The molecule has 1 aliphatic heterocycles. The molecule has 1 fully saturated rings. The van der Waals surface area contributed by atoms with Gasteiger partial charge in [-0.05, 0) is 28.8 Å². The summed E-state index contributed by atoms with van der Waals surface area (Å²) in [5.74, 6) is -1.27. The molecule has 120 valence electrons. The Morgan fingerprint density at radius 3 is 2.39 bits per heavy atom. The second-order valence-electron chi connectivity index (χ2n) is 5.52. The lowest BCUT2D eigenvalue weighted by atomic mass is 10.0. The van der Waals surface area contributed by atoms with Crippen molar-refractivity contribution in [2.24, 2.45) is 0 Å². The Morgan fingerprint density at radius 1 is 1.04 bits per heavy atom. The number of nitrogens with zero attached hydrogens (tertiary/aromatic N) is 2. The summed E-state index contributed by atoms with van der Waals surface area (Å²) in [6, 6.07) is 11.6. The van der Waals surface area contributed by atoms with Gasteiger partial charge in [-0.2, -0.15) is 0 Å². The number of piperazine rings is 1. The fourth-order valence-electron chi connectivity index (χ4n) is 2.56. The summed E-state index contributed by atoms with van der Waals surface area (Å²) in [6.45, 7) is 0.816. The second kappa shape index (κ2) is 6.34. The standard InChI is InChI=1S/C17H16F2N2O2/c18-15-6-5-14(9-16(15)22)13-3-1-12(2-4-13)10-20-7-8-21(19)11-17(20)23/h1-6,9,22H,7-8,10-11H2. The molecule has 0 bridgehead atoms.